The molecule has 106 valence electrons. The lowest BCUT2D eigenvalue weighted by molar-refractivity contribution is 0.0465. The van der Waals surface area contributed by atoms with Crippen LogP contribution in [0.15, 0.2) is 24.3 Å². The van der Waals surface area contributed by atoms with Gasteiger partial charge in [0, 0.05) is 18.4 Å². The van der Waals surface area contributed by atoms with Gasteiger partial charge in [0.2, 0.25) is 0 Å². The minimum atomic E-state index is -0.471. The molecular weight excluding hydrogens is 256 g/mol. The van der Waals surface area contributed by atoms with E-state index in [0.717, 1.165) is 17.8 Å². The van der Waals surface area contributed by atoms with Gasteiger partial charge in [0.05, 0.1) is 17.0 Å². The number of hydrogen-bond donors (Lipinski definition) is 2. The summed E-state index contributed by atoms with van der Waals surface area (Å²) in [5, 5.41) is 4.29. The fourth-order valence-corrected chi connectivity index (χ4v) is 1.86. The molecule has 1 aromatic heterocycles. The van der Waals surface area contributed by atoms with Crippen LogP contribution in [0.5, 0.6) is 0 Å². The minimum absolute atomic E-state index is 0.159. The Balaban J connectivity index is 2.06. The Labute approximate surface area is 117 Å². The largest absolute Gasteiger partial charge is 0.456 e. The maximum atomic E-state index is 12.0. The molecular formula is C14H18N4O2. The van der Waals surface area contributed by atoms with Crippen molar-refractivity contribution in [1.82, 2.24) is 9.78 Å². The van der Waals surface area contributed by atoms with Crippen molar-refractivity contribution in [3.63, 3.8) is 0 Å². The van der Waals surface area contributed by atoms with E-state index in [2.05, 4.69) is 5.10 Å². The number of hydrogen-bond acceptors (Lipinski definition) is 5. The van der Waals surface area contributed by atoms with Gasteiger partial charge in [-0.1, -0.05) is 6.92 Å². The number of aryl methyl sites for hydroxylation is 2. The second-order valence-corrected chi connectivity index (χ2v) is 4.53. The third-order valence-electron chi connectivity index (χ3n) is 3.04. The number of aromatic nitrogens is 2. The van der Waals surface area contributed by atoms with Crippen molar-refractivity contribution in [3.05, 3.63) is 41.2 Å². The Morgan fingerprint density at radius 3 is 2.70 bits per heavy atom. The molecule has 0 saturated heterocycles. The molecule has 1 aromatic carbocycles. The molecule has 2 aromatic rings. The van der Waals surface area contributed by atoms with E-state index in [0.29, 0.717) is 16.9 Å². The molecule has 0 unspecified atom stereocenters. The molecule has 0 bridgehead atoms. The summed E-state index contributed by atoms with van der Waals surface area (Å²) < 4.78 is 6.96. The van der Waals surface area contributed by atoms with E-state index < -0.39 is 5.97 Å². The summed E-state index contributed by atoms with van der Waals surface area (Å²) in [5.74, 6) is -0.471. The Hall–Kier alpha value is -2.50. The Bertz CT molecular complexity index is 634. The molecule has 0 spiro atoms. The summed E-state index contributed by atoms with van der Waals surface area (Å²) in [5.41, 5.74) is 14.3. The van der Waals surface area contributed by atoms with E-state index in [9.17, 15) is 4.79 Å². The summed E-state index contributed by atoms with van der Waals surface area (Å²) in [6, 6.07) is 6.63. The van der Waals surface area contributed by atoms with Gasteiger partial charge < -0.3 is 16.2 Å². The van der Waals surface area contributed by atoms with Gasteiger partial charge in [0.1, 0.15) is 6.61 Å². The number of carbonyl (C=O) groups is 1. The highest BCUT2D eigenvalue weighted by Crippen LogP contribution is 2.17. The average molecular weight is 274 g/mol. The van der Waals surface area contributed by atoms with Gasteiger partial charge in [0.25, 0.3) is 0 Å². The lowest BCUT2D eigenvalue weighted by Gasteiger charge is -2.07. The normalized spacial score (nSPS) is 10.5. The molecule has 0 radical (unpaired) electrons. The van der Waals surface area contributed by atoms with E-state index >= 15 is 0 Å². The van der Waals surface area contributed by atoms with Crippen molar-refractivity contribution >= 4 is 17.3 Å². The van der Waals surface area contributed by atoms with Crippen molar-refractivity contribution in [3.8, 4) is 0 Å². The van der Waals surface area contributed by atoms with Crippen LogP contribution in [0.2, 0.25) is 0 Å². The van der Waals surface area contributed by atoms with Crippen molar-refractivity contribution in [2.75, 3.05) is 11.5 Å². The molecule has 0 aliphatic rings. The molecule has 2 rings (SSSR count). The van der Waals surface area contributed by atoms with Gasteiger partial charge in [-0.2, -0.15) is 5.10 Å². The predicted octanol–water partition coefficient (Wildman–Crippen LogP) is 1.50. The molecule has 0 saturated carbocycles. The van der Waals surface area contributed by atoms with E-state index in [1.807, 2.05) is 20.0 Å². The van der Waals surface area contributed by atoms with Crippen molar-refractivity contribution in [2.24, 2.45) is 7.05 Å². The van der Waals surface area contributed by atoms with Crippen LogP contribution in [0.3, 0.4) is 0 Å². The number of benzene rings is 1. The first-order chi connectivity index (χ1) is 9.51. The second kappa shape index (κ2) is 5.64. The van der Waals surface area contributed by atoms with Crippen LogP contribution in [0.1, 0.15) is 28.7 Å². The molecule has 0 aliphatic heterocycles. The van der Waals surface area contributed by atoms with Crippen molar-refractivity contribution in [2.45, 2.75) is 20.0 Å². The van der Waals surface area contributed by atoms with Crippen LogP contribution in [0.25, 0.3) is 0 Å². The first-order valence-corrected chi connectivity index (χ1v) is 6.35. The topological polar surface area (TPSA) is 96.2 Å². The zero-order valence-corrected chi connectivity index (χ0v) is 11.6. The Morgan fingerprint density at radius 2 is 2.10 bits per heavy atom. The zero-order chi connectivity index (χ0) is 14.7. The average Bonchev–Trinajstić information content (AvgIpc) is 2.76. The van der Waals surface area contributed by atoms with Crippen LogP contribution in [-0.4, -0.2) is 15.7 Å². The number of carbonyl (C=O) groups excluding carboxylic acids is 1. The molecule has 0 atom stereocenters. The predicted molar refractivity (Wildman–Crippen MR) is 77.0 cm³/mol. The number of nitrogens with two attached hydrogens (primary N) is 2. The summed E-state index contributed by atoms with van der Waals surface area (Å²) in [6.45, 7) is 2.18. The maximum Gasteiger partial charge on any atom is 0.340 e. The number of esters is 1. The number of nitrogen functional groups attached to an aromatic ring is 2. The molecule has 4 N–H and O–H groups in total. The number of anilines is 2. The highest BCUT2D eigenvalue weighted by Gasteiger charge is 2.13. The number of nitrogens with zero attached hydrogens (tertiary/aromatic N) is 2. The minimum Gasteiger partial charge on any atom is -0.456 e. The molecule has 0 aliphatic carbocycles. The summed E-state index contributed by atoms with van der Waals surface area (Å²) in [7, 11) is 1.82. The van der Waals surface area contributed by atoms with Crippen molar-refractivity contribution < 1.29 is 9.53 Å². The highest BCUT2D eigenvalue weighted by atomic mass is 16.5. The Kier molecular flexibility index (Phi) is 3.93. The van der Waals surface area contributed by atoms with Gasteiger partial charge in [0.15, 0.2) is 0 Å². The summed E-state index contributed by atoms with van der Waals surface area (Å²) >= 11 is 0. The molecule has 6 heteroatoms. The van der Waals surface area contributed by atoms with Crippen LogP contribution in [0.4, 0.5) is 11.4 Å². The highest BCUT2D eigenvalue weighted by molar-refractivity contribution is 5.95. The lowest BCUT2D eigenvalue weighted by atomic mass is 10.1. The summed E-state index contributed by atoms with van der Waals surface area (Å²) in [6.07, 6.45) is 0.840. The molecule has 20 heavy (non-hydrogen) atoms. The van der Waals surface area contributed by atoms with Gasteiger partial charge in [-0.25, -0.2) is 4.79 Å². The third kappa shape index (κ3) is 2.90. The van der Waals surface area contributed by atoms with E-state index in [1.165, 1.54) is 6.07 Å². The van der Waals surface area contributed by atoms with Crippen LogP contribution >= 0.6 is 0 Å². The van der Waals surface area contributed by atoms with Gasteiger partial charge in [-0.3, -0.25) is 4.68 Å². The Morgan fingerprint density at radius 1 is 1.35 bits per heavy atom. The van der Waals surface area contributed by atoms with Crippen LogP contribution in [-0.2, 0) is 24.8 Å². The van der Waals surface area contributed by atoms with Gasteiger partial charge in [-0.05, 0) is 30.7 Å². The SMILES string of the molecule is CCc1cc(COC(=O)c2ccc(N)cc2N)n(C)n1. The second-order valence-electron chi connectivity index (χ2n) is 4.53. The van der Waals surface area contributed by atoms with Gasteiger partial charge >= 0.3 is 5.97 Å². The van der Waals surface area contributed by atoms with Gasteiger partial charge in [-0.15, -0.1) is 0 Å². The lowest BCUT2D eigenvalue weighted by Crippen LogP contribution is -2.10. The molecule has 6 nitrogen and oxygen atoms in total. The first kappa shape index (κ1) is 13.9. The third-order valence-corrected chi connectivity index (χ3v) is 3.04. The first-order valence-electron chi connectivity index (χ1n) is 6.35. The van der Waals surface area contributed by atoms with Crippen LogP contribution < -0.4 is 11.5 Å². The monoisotopic (exact) mass is 274 g/mol. The van der Waals surface area contributed by atoms with E-state index in [4.69, 9.17) is 16.2 Å². The van der Waals surface area contributed by atoms with E-state index in [1.54, 1.807) is 16.8 Å². The zero-order valence-electron chi connectivity index (χ0n) is 11.6. The molecule has 0 fully saturated rings. The summed E-state index contributed by atoms with van der Waals surface area (Å²) in [4.78, 5) is 12.0. The standard InChI is InChI=1S/C14H18N4O2/c1-3-10-7-11(18(2)17-10)8-20-14(19)12-5-4-9(15)6-13(12)16/h4-7H,3,8,15-16H2,1-2H3. The fourth-order valence-electron chi connectivity index (χ4n) is 1.86. The molecule has 1 heterocycles. The quantitative estimate of drug-likeness (QED) is 0.650. The fraction of sp³-hybridized carbons (Fsp3) is 0.286. The van der Waals surface area contributed by atoms with Crippen molar-refractivity contribution in [1.29, 1.82) is 0 Å². The maximum absolute atomic E-state index is 12.0. The molecule has 0 amide bonds. The number of ether oxygens (including phenoxy) is 1. The van der Waals surface area contributed by atoms with Crippen LogP contribution in [0, 0.1) is 0 Å². The smallest absolute Gasteiger partial charge is 0.340 e. The number of rotatable bonds is 4. The van der Waals surface area contributed by atoms with E-state index in [-0.39, 0.29) is 6.61 Å².